The first-order valence-corrected chi connectivity index (χ1v) is 0.735. The van der Waals surface area contributed by atoms with Gasteiger partial charge in [-0.05, 0) is 0 Å². The average molecular weight is 56.8 g/mol. The van der Waals surface area contributed by atoms with E-state index in [2.05, 4.69) is 12.9 Å². The molecule has 0 heterocycles. The second-order valence-electron chi connectivity index (χ2n) is 0.247. The van der Waals surface area contributed by atoms with Crippen LogP contribution >= 0.6 is 0 Å². The molecule has 0 aromatic carbocycles. The zero-order valence-corrected chi connectivity index (χ0v) is 1.98. The maximum Gasteiger partial charge on any atom is 0.262 e. The van der Waals surface area contributed by atoms with Crippen LogP contribution in [0.2, 0.25) is 0 Å². The van der Waals surface area contributed by atoms with Crippen molar-refractivity contribution in [1.29, 1.82) is 0 Å². The van der Waals surface area contributed by atoms with Gasteiger partial charge < -0.3 is 4.90 Å². The highest BCUT2D eigenvalue weighted by molar-refractivity contribution is 6.08. The SMILES string of the molecule is [B]/N=C/F. The number of hydrogen-bond acceptors (Lipinski definition) is 1. The van der Waals surface area contributed by atoms with E-state index in [-0.39, 0.29) is 6.47 Å². The first-order valence-electron chi connectivity index (χ1n) is 0.735. The molecule has 0 unspecified atom stereocenters. The predicted octanol–water partition coefficient (Wildman–Crippen LogP) is 0.0677. The van der Waals surface area contributed by atoms with Crippen LogP contribution in [-0.4, -0.2) is 14.4 Å². The summed E-state index contributed by atoms with van der Waals surface area (Å²) in [5.41, 5.74) is 0. The van der Waals surface area contributed by atoms with Crippen LogP contribution in [-0.2, 0) is 0 Å². The molecular formula is CHBFN. The highest BCUT2D eigenvalue weighted by Gasteiger charge is 1.39. The maximum absolute atomic E-state index is 10.3. The Kier molecular flexibility index (Phi) is 2.44. The lowest BCUT2D eigenvalue weighted by atomic mass is 10.5. The molecule has 0 aromatic rings. The summed E-state index contributed by atoms with van der Waals surface area (Å²) in [6.45, 7) is 0.0278. The Morgan fingerprint density at radius 3 is 2.25 bits per heavy atom. The van der Waals surface area contributed by atoms with Gasteiger partial charge in [0.2, 0.25) is 0 Å². The predicted molar refractivity (Wildman–Crippen MR) is 15.4 cm³/mol. The van der Waals surface area contributed by atoms with E-state index >= 15 is 0 Å². The van der Waals surface area contributed by atoms with Crippen LogP contribution in [0.4, 0.5) is 4.39 Å². The van der Waals surface area contributed by atoms with Crippen molar-refractivity contribution in [3.8, 4) is 0 Å². The van der Waals surface area contributed by atoms with Crippen LogP contribution in [0.3, 0.4) is 0 Å². The van der Waals surface area contributed by atoms with Crippen molar-refractivity contribution < 1.29 is 4.39 Å². The van der Waals surface area contributed by atoms with Gasteiger partial charge in [0.25, 0.3) is 7.98 Å². The Labute approximate surface area is 25.0 Å². The topological polar surface area (TPSA) is 12.4 Å². The molecule has 0 aliphatic heterocycles. The molecule has 3 heteroatoms. The Balaban J connectivity index is 2.55. The number of rotatable bonds is 0. The van der Waals surface area contributed by atoms with Crippen molar-refractivity contribution in [2.24, 2.45) is 4.90 Å². The molecule has 0 saturated carbocycles. The van der Waals surface area contributed by atoms with Crippen LogP contribution < -0.4 is 0 Å². The molecule has 0 atom stereocenters. The minimum atomic E-state index is 0.0278. The van der Waals surface area contributed by atoms with Gasteiger partial charge >= 0.3 is 0 Å². The summed E-state index contributed by atoms with van der Waals surface area (Å²) in [6.07, 6.45) is 0. The monoisotopic (exact) mass is 57.0 g/mol. The Morgan fingerprint density at radius 2 is 2.25 bits per heavy atom. The maximum atomic E-state index is 10.3. The Morgan fingerprint density at radius 1 is 2.00 bits per heavy atom. The fourth-order valence-electron chi connectivity index (χ4n) is 0. The van der Waals surface area contributed by atoms with E-state index < -0.39 is 0 Å². The van der Waals surface area contributed by atoms with Crippen LogP contribution in [0.1, 0.15) is 0 Å². The van der Waals surface area contributed by atoms with Gasteiger partial charge in [-0.2, -0.15) is 4.39 Å². The molecule has 0 aliphatic carbocycles. The fraction of sp³-hybridized carbons (Fsp3) is 0. The second-order valence-corrected chi connectivity index (χ2v) is 0.247. The van der Waals surface area contributed by atoms with Crippen molar-refractivity contribution in [2.75, 3.05) is 0 Å². The standard InChI is InChI=1S/CHBFN/c2-4-1-3/h1H/b4-1+. The summed E-state index contributed by atoms with van der Waals surface area (Å²) < 4.78 is 10.3. The molecule has 0 bridgehead atoms. The molecular weight excluding hydrogens is 55.8 g/mol. The molecule has 0 rings (SSSR count). The molecule has 1 nitrogen and oxygen atoms in total. The molecule has 0 spiro atoms. The molecule has 4 heavy (non-hydrogen) atoms. The van der Waals surface area contributed by atoms with Gasteiger partial charge in [0.05, 0.1) is 0 Å². The molecule has 2 radical (unpaired) electrons. The van der Waals surface area contributed by atoms with E-state index in [9.17, 15) is 4.39 Å². The second kappa shape index (κ2) is 2.66. The molecule has 20 valence electrons. The quantitative estimate of drug-likeness (QED) is 0.275. The lowest BCUT2D eigenvalue weighted by molar-refractivity contribution is 0.845. The molecule has 0 aromatic heterocycles. The number of nitrogens with zero attached hydrogens (tertiary/aromatic N) is 1. The van der Waals surface area contributed by atoms with E-state index in [4.69, 9.17) is 0 Å². The van der Waals surface area contributed by atoms with E-state index in [1.54, 1.807) is 0 Å². The molecule has 0 aliphatic rings. The highest BCUT2D eigenvalue weighted by atomic mass is 19.1. The van der Waals surface area contributed by atoms with Gasteiger partial charge in [0, 0.05) is 0 Å². The summed E-state index contributed by atoms with van der Waals surface area (Å²) in [5.74, 6) is 0. The highest BCUT2D eigenvalue weighted by Crippen LogP contribution is 1.43. The summed E-state index contributed by atoms with van der Waals surface area (Å²) in [5, 5.41) is 0. The van der Waals surface area contributed by atoms with Crippen molar-refractivity contribution in [1.82, 2.24) is 0 Å². The largest absolute Gasteiger partial charge is 0.339 e. The van der Waals surface area contributed by atoms with Crippen LogP contribution in [0.25, 0.3) is 0 Å². The number of hydrogen-bond donors (Lipinski definition) is 0. The van der Waals surface area contributed by atoms with Crippen LogP contribution in [0.15, 0.2) is 4.90 Å². The van der Waals surface area contributed by atoms with Crippen LogP contribution in [0, 0.1) is 0 Å². The zero-order valence-electron chi connectivity index (χ0n) is 1.98. The molecule has 0 amide bonds. The number of halogens is 1. The molecule has 0 saturated heterocycles. The van der Waals surface area contributed by atoms with Crippen molar-refractivity contribution in [3.05, 3.63) is 0 Å². The van der Waals surface area contributed by atoms with Gasteiger partial charge in [-0.1, -0.05) is 0 Å². The lowest BCUT2D eigenvalue weighted by Crippen LogP contribution is -1.48. The van der Waals surface area contributed by atoms with E-state index in [1.165, 1.54) is 0 Å². The summed E-state index contributed by atoms with van der Waals surface area (Å²) in [7, 11) is 4.22. The van der Waals surface area contributed by atoms with Gasteiger partial charge in [-0.3, -0.25) is 0 Å². The van der Waals surface area contributed by atoms with Crippen molar-refractivity contribution in [3.63, 3.8) is 0 Å². The Bertz CT molecular complexity index is 23.2. The minimum Gasteiger partial charge on any atom is -0.339 e. The third-order valence-corrected chi connectivity index (χ3v) is 0.0563. The lowest BCUT2D eigenvalue weighted by Gasteiger charge is -1.49. The van der Waals surface area contributed by atoms with Gasteiger partial charge in [-0.15, -0.1) is 0 Å². The first-order chi connectivity index (χ1) is 1.91. The molecule has 0 N–H and O–H groups in total. The van der Waals surface area contributed by atoms with Crippen molar-refractivity contribution >= 4 is 14.4 Å². The van der Waals surface area contributed by atoms with E-state index in [1.807, 2.05) is 0 Å². The van der Waals surface area contributed by atoms with Crippen LogP contribution in [0.5, 0.6) is 0 Å². The average Bonchev–Trinajstić information content (AvgIpc) is 1.37. The minimum absolute atomic E-state index is 0.0278. The van der Waals surface area contributed by atoms with Gasteiger partial charge in [0.15, 0.2) is 6.47 Å². The fourth-order valence-corrected chi connectivity index (χ4v) is 0. The van der Waals surface area contributed by atoms with E-state index in [0.29, 0.717) is 0 Å². The molecule has 0 fully saturated rings. The van der Waals surface area contributed by atoms with Crippen molar-refractivity contribution in [2.45, 2.75) is 0 Å². The van der Waals surface area contributed by atoms with E-state index in [0.717, 1.165) is 0 Å². The zero-order chi connectivity index (χ0) is 3.41. The van der Waals surface area contributed by atoms with Gasteiger partial charge in [-0.25, -0.2) is 0 Å². The normalized spacial score (nSPS) is 9.25. The smallest absolute Gasteiger partial charge is 0.262 e. The summed E-state index contributed by atoms with van der Waals surface area (Å²) >= 11 is 0. The first kappa shape index (κ1) is 3.66. The third-order valence-electron chi connectivity index (χ3n) is 0.0563. The van der Waals surface area contributed by atoms with Gasteiger partial charge in [0.1, 0.15) is 0 Å². The Hall–Kier alpha value is -0.335. The third kappa shape index (κ3) is 1.66. The summed E-state index contributed by atoms with van der Waals surface area (Å²) in [6, 6.07) is 0. The summed E-state index contributed by atoms with van der Waals surface area (Å²) in [4.78, 5) is 2.44.